The zero-order chi connectivity index (χ0) is 17.9. The maximum Gasteiger partial charge on any atom is 0.401 e. The molecule has 0 bridgehead atoms. The lowest BCUT2D eigenvalue weighted by Crippen LogP contribution is -2.44. The molecule has 1 saturated heterocycles. The molecule has 1 amide bonds. The number of halogens is 4. The highest BCUT2D eigenvalue weighted by molar-refractivity contribution is 5.92. The molecule has 1 aromatic carbocycles. The third-order valence-electron chi connectivity index (χ3n) is 3.69. The first-order valence-electron chi connectivity index (χ1n) is 7.19. The average molecular weight is 349 g/mol. The topological polar surface area (TPSA) is 75.5 Å². The quantitative estimate of drug-likeness (QED) is 0.515. The van der Waals surface area contributed by atoms with Crippen LogP contribution in [0.15, 0.2) is 18.2 Å². The Morgan fingerprint density at radius 3 is 2.71 bits per heavy atom. The molecule has 1 aromatic rings. The Morgan fingerprint density at radius 2 is 2.12 bits per heavy atom. The summed E-state index contributed by atoms with van der Waals surface area (Å²) < 4.78 is 50.8. The lowest BCUT2D eigenvalue weighted by molar-refractivity contribution is -0.387. The third-order valence-corrected chi connectivity index (χ3v) is 3.69. The van der Waals surface area contributed by atoms with E-state index in [2.05, 4.69) is 5.32 Å². The minimum atomic E-state index is -4.33. The number of nitro benzene ring substituents is 1. The fourth-order valence-electron chi connectivity index (χ4n) is 2.64. The predicted molar refractivity (Wildman–Crippen MR) is 76.9 cm³/mol. The Morgan fingerprint density at radius 1 is 1.42 bits per heavy atom. The van der Waals surface area contributed by atoms with Gasteiger partial charge in [-0.25, -0.2) is 0 Å². The molecule has 2 rings (SSSR count). The maximum atomic E-state index is 13.5. The maximum absolute atomic E-state index is 13.5. The van der Waals surface area contributed by atoms with Crippen LogP contribution in [0.4, 0.5) is 28.9 Å². The second-order valence-electron chi connectivity index (χ2n) is 5.60. The molecule has 10 heteroatoms. The van der Waals surface area contributed by atoms with E-state index in [1.54, 1.807) is 0 Å². The molecule has 1 fully saturated rings. The van der Waals surface area contributed by atoms with Gasteiger partial charge in [0.2, 0.25) is 11.7 Å². The van der Waals surface area contributed by atoms with Crippen LogP contribution in [0.2, 0.25) is 0 Å². The fourth-order valence-corrected chi connectivity index (χ4v) is 2.64. The van der Waals surface area contributed by atoms with Crippen molar-refractivity contribution < 1.29 is 27.3 Å². The van der Waals surface area contributed by atoms with Crippen molar-refractivity contribution in [1.29, 1.82) is 0 Å². The minimum absolute atomic E-state index is 0.0241. The monoisotopic (exact) mass is 349 g/mol. The van der Waals surface area contributed by atoms with E-state index in [4.69, 9.17) is 0 Å². The van der Waals surface area contributed by atoms with E-state index in [0.717, 1.165) is 17.0 Å². The van der Waals surface area contributed by atoms with E-state index in [1.165, 1.54) is 6.07 Å². The van der Waals surface area contributed by atoms with Crippen LogP contribution in [0, 0.1) is 21.8 Å². The second kappa shape index (κ2) is 7.12. The van der Waals surface area contributed by atoms with Gasteiger partial charge >= 0.3 is 11.9 Å². The number of anilines is 1. The molecule has 6 nitrogen and oxygen atoms in total. The highest BCUT2D eigenvalue weighted by Crippen LogP contribution is 2.25. The molecule has 0 radical (unpaired) electrons. The number of nitrogens with one attached hydrogen (secondary N) is 1. The lowest BCUT2D eigenvalue weighted by atomic mass is 9.97. The van der Waals surface area contributed by atoms with Gasteiger partial charge in [-0.05, 0) is 25.5 Å². The van der Waals surface area contributed by atoms with Gasteiger partial charge in [0.25, 0.3) is 0 Å². The van der Waals surface area contributed by atoms with Gasteiger partial charge in [-0.3, -0.25) is 19.8 Å². The Bertz CT molecular complexity index is 636. The molecule has 1 atom stereocenters. The molecule has 1 aliphatic rings. The van der Waals surface area contributed by atoms with Crippen molar-refractivity contribution in [3.63, 3.8) is 0 Å². The summed E-state index contributed by atoms with van der Waals surface area (Å²) in [6.45, 7) is -0.862. The number of piperidine rings is 1. The van der Waals surface area contributed by atoms with Crippen LogP contribution in [0.5, 0.6) is 0 Å². The van der Waals surface area contributed by atoms with Crippen molar-refractivity contribution in [2.24, 2.45) is 5.92 Å². The number of rotatable bonds is 4. The van der Waals surface area contributed by atoms with Crippen LogP contribution >= 0.6 is 0 Å². The van der Waals surface area contributed by atoms with E-state index in [-0.39, 0.29) is 18.8 Å². The summed E-state index contributed by atoms with van der Waals surface area (Å²) in [5.74, 6) is -2.28. The molecule has 1 N–H and O–H groups in total. The van der Waals surface area contributed by atoms with Crippen LogP contribution in [0.25, 0.3) is 0 Å². The van der Waals surface area contributed by atoms with Crippen LogP contribution in [-0.4, -0.2) is 41.5 Å². The van der Waals surface area contributed by atoms with E-state index in [9.17, 15) is 32.5 Å². The normalized spacial score (nSPS) is 19.1. The molecular formula is C14H15F4N3O3. The Balaban J connectivity index is 1.99. The van der Waals surface area contributed by atoms with Gasteiger partial charge in [0.1, 0.15) is 0 Å². The molecule has 0 aromatic heterocycles. The average Bonchev–Trinajstić information content (AvgIpc) is 2.45. The van der Waals surface area contributed by atoms with Crippen molar-refractivity contribution in [3.05, 3.63) is 34.1 Å². The first kappa shape index (κ1) is 18.1. The Labute approximate surface area is 134 Å². The summed E-state index contributed by atoms with van der Waals surface area (Å²) in [7, 11) is 0. The number of hydrogen-bond acceptors (Lipinski definition) is 4. The van der Waals surface area contributed by atoms with Gasteiger partial charge in [0, 0.05) is 24.4 Å². The summed E-state index contributed by atoms with van der Waals surface area (Å²) in [6, 6.07) is 2.91. The Kier molecular flexibility index (Phi) is 5.37. The summed E-state index contributed by atoms with van der Waals surface area (Å²) >= 11 is 0. The van der Waals surface area contributed by atoms with E-state index < -0.39 is 41.0 Å². The molecule has 24 heavy (non-hydrogen) atoms. The smallest absolute Gasteiger partial charge is 0.326 e. The number of nitrogens with zero attached hydrogens (tertiary/aromatic N) is 2. The van der Waals surface area contributed by atoms with Crippen molar-refractivity contribution in [2.75, 3.05) is 25.0 Å². The van der Waals surface area contributed by atoms with Crippen LogP contribution in [0.3, 0.4) is 0 Å². The molecule has 132 valence electrons. The van der Waals surface area contributed by atoms with Gasteiger partial charge in [-0.15, -0.1) is 0 Å². The van der Waals surface area contributed by atoms with E-state index in [1.807, 2.05) is 0 Å². The minimum Gasteiger partial charge on any atom is -0.326 e. The summed E-state index contributed by atoms with van der Waals surface area (Å²) in [5, 5.41) is 12.9. The number of alkyl halides is 3. The highest BCUT2D eigenvalue weighted by Gasteiger charge is 2.34. The second-order valence-corrected chi connectivity index (χ2v) is 5.60. The molecule has 0 saturated carbocycles. The molecule has 0 unspecified atom stereocenters. The van der Waals surface area contributed by atoms with Crippen molar-refractivity contribution in [3.8, 4) is 0 Å². The van der Waals surface area contributed by atoms with E-state index >= 15 is 0 Å². The number of carbonyl (C=O) groups excluding carboxylic acids is 1. The van der Waals surface area contributed by atoms with Gasteiger partial charge in [-0.1, -0.05) is 0 Å². The van der Waals surface area contributed by atoms with Crippen molar-refractivity contribution >= 4 is 17.3 Å². The number of carbonyl (C=O) groups is 1. The van der Waals surface area contributed by atoms with Crippen molar-refractivity contribution in [1.82, 2.24) is 4.90 Å². The molecule has 1 aliphatic heterocycles. The van der Waals surface area contributed by atoms with Crippen LogP contribution in [-0.2, 0) is 4.79 Å². The van der Waals surface area contributed by atoms with Crippen LogP contribution < -0.4 is 5.32 Å². The number of likely N-dealkylation sites (tertiary alicyclic amines) is 1. The van der Waals surface area contributed by atoms with Crippen molar-refractivity contribution in [2.45, 2.75) is 19.0 Å². The number of hydrogen-bond donors (Lipinski definition) is 1. The van der Waals surface area contributed by atoms with Gasteiger partial charge in [0.15, 0.2) is 0 Å². The number of benzene rings is 1. The zero-order valence-electron chi connectivity index (χ0n) is 12.5. The highest BCUT2D eigenvalue weighted by atomic mass is 19.4. The summed E-state index contributed by atoms with van der Waals surface area (Å²) in [4.78, 5) is 22.9. The SMILES string of the molecule is O=C(Nc1ccc([N+](=O)[O-])c(F)c1)[C@H]1CCCN(CC(F)(F)F)C1. The van der Waals surface area contributed by atoms with Gasteiger partial charge in [-0.2, -0.15) is 17.6 Å². The zero-order valence-corrected chi connectivity index (χ0v) is 12.5. The fraction of sp³-hybridized carbons (Fsp3) is 0.500. The van der Waals surface area contributed by atoms with E-state index in [0.29, 0.717) is 12.8 Å². The van der Waals surface area contributed by atoms with Crippen LogP contribution in [0.1, 0.15) is 12.8 Å². The molecule has 0 aliphatic carbocycles. The summed E-state index contributed by atoms with van der Waals surface area (Å²) in [5.41, 5.74) is -0.696. The first-order chi connectivity index (χ1) is 11.2. The molecule has 1 heterocycles. The summed E-state index contributed by atoms with van der Waals surface area (Å²) in [6.07, 6.45) is -3.46. The predicted octanol–water partition coefficient (Wildman–Crippen LogP) is 2.95. The lowest BCUT2D eigenvalue weighted by Gasteiger charge is -2.32. The first-order valence-corrected chi connectivity index (χ1v) is 7.19. The largest absolute Gasteiger partial charge is 0.401 e. The number of nitro groups is 1. The molecular weight excluding hydrogens is 334 g/mol. The standard InChI is InChI=1S/C14H15F4N3O3/c15-11-6-10(3-4-12(11)21(23)24)19-13(22)9-2-1-5-20(7-9)8-14(16,17)18/h3-4,6,9H,1-2,5,7-8H2,(H,19,22)/t9-/m0/s1. The van der Waals surface area contributed by atoms with Gasteiger partial charge in [0.05, 0.1) is 17.4 Å². The number of amides is 1. The van der Waals surface area contributed by atoms with Gasteiger partial charge < -0.3 is 5.32 Å². The third kappa shape index (κ3) is 4.88. The molecule has 0 spiro atoms. The Hall–Kier alpha value is -2.23.